The molecule has 1 aromatic carbocycles. The van der Waals surface area contributed by atoms with Gasteiger partial charge in [-0.2, -0.15) is 0 Å². The molecule has 1 amide bonds. The third kappa shape index (κ3) is 4.63. The smallest absolute Gasteiger partial charge is 0.224 e. The van der Waals surface area contributed by atoms with Gasteiger partial charge in [-0.25, -0.2) is 4.98 Å². The third-order valence-corrected chi connectivity index (χ3v) is 4.63. The number of thiazole rings is 1. The number of halogens is 1. The monoisotopic (exact) mass is 357 g/mol. The maximum Gasteiger partial charge on any atom is 0.224 e. The molecule has 0 bridgehead atoms. The lowest BCUT2D eigenvalue weighted by Gasteiger charge is -2.04. The molecule has 0 aliphatic carbocycles. The van der Waals surface area contributed by atoms with E-state index in [1.165, 1.54) is 0 Å². The summed E-state index contributed by atoms with van der Waals surface area (Å²) < 4.78 is 0. The fourth-order valence-corrected chi connectivity index (χ4v) is 3.19. The molecule has 0 saturated carbocycles. The Morgan fingerprint density at radius 1 is 1.21 bits per heavy atom. The van der Waals surface area contributed by atoms with Crippen LogP contribution in [-0.2, 0) is 17.6 Å². The van der Waals surface area contributed by atoms with Crippen molar-refractivity contribution in [1.29, 1.82) is 0 Å². The first-order chi connectivity index (χ1) is 11.7. The van der Waals surface area contributed by atoms with E-state index in [-0.39, 0.29) is 5.91 Å². The molecule has 0 aliphatic heterocycles. The molecule has 0 unspecified atom stereocenters. The maximum absolute atomic E-state index is 11.9. The molecule has 0 spiro atoms. The molecule has 2 heterocycles. The van der Waals surface area contributed by atoms with Gasteiger partial charge in [-0.15, -0.1) is 11.3 Å². The molecule has 1 N–H and O–H groups in total. The molecule has 0 fully saturated rings. The molecular weight excluding hydrogens is 342 g/mol. The Hall–Kier alpha value is -2.24. The first-order valence-corrected chi connectivity index (χ1v) is 8.82. The summed E-state index contributed by atoms with van der Waals surface area (Å²) in [6, 6.07) is 11.2. The number of benzene rings is 1. The summed E-state index contributed by atoms with van der Waals surface area (Å²) in [7, 11) is 0. The van der Waals surface area contributed by atoms with Gasteiger partial charge in [-0.1, -0.05) is 23.7 Å². The van der Waals surface area contributed by atoms with Crippen molar-refractivity contribution in [3.05, 3.63) is 70.5 Å². The number of nitrogens with one attached hydrogen (secondary N) is 1. The fourth-order valence-electron chi connectivity index (χ4n) is 2.22. The van der Waals surface area contributed by atoms with Crippen LogP contribution >= 0.6 is 22.9 Å². The van der Waals surface area contributed by atoms with Gasteiger partial charge in [0.25, 0.3) is 0 Å². The van der Waals surface area contributed by atoms with Crippen LogP contribution in [0.25, 0.3) is 10.6 Å². The van der Waals surface area contributed by atoms with Gasteiger partial charge in [0.1, 0.15) is 5.01 Å². The number of nitrogens with zero attached hydrogens (tertiary/aromatic N) is 2. The van der Waals surface area contributed by atoms with Crippen LogP contribution in [0.4, 0.5) is 0 Å². The van der Waals surface area contributed by atoms with Crippen molar-refractivity contribution in [2.75, 3.05) is 6.54 Å². The van der Waals surface area contributed by atoms with Gasteiger partial charge < -0.3 is 5.32 Å². The van der Waals surface area contributed by atoms with Gasteiger partial charge in [0.2, 0.25) is 5.91 Å². The first-order valence-electron chi connectivity index (χ1n) is 7.56. The Morgan fingerprint density at radius 2 is 2.04 bits per heavy atom. The minimum absolute atomic E-state index is 0.0000323. The van der Waals surface area contributed by atoms with Crippen LogP contribution in [0.5, 0.6) is 0 Å². The van der Waals surface area contributed by atoms with Gasteiger partial charge in [-0.05, 0) is 29.8 Å². The molecule has 3 rings (SSSR count). The molecule has 0 aliphatic rings. The molecule has 24 heavy (non-hydrogen) atoms. The predicted molar refractivity (Wildman–Crippen MR) is 97.2 cm³/mol. The highest BCUT2D eigenvalue weighted by atomic mass is 35.5. The minimum atomic E-state index is 0.0000323. The molecule has 0 saturated heterocycles. The van der Waals surface area contributed by atoms with E-state index >= 15 is 0 Å². The second-order valence-electron chi connectivity index (χ2n) is 5.29. The third-order valence-electron chi connectivity index (χ3n) is 3.44. The van der Waals surface area contributed by atoms with E-state index in [4.69, 9.17) is 11.6 Å². The zero-order valence-corrected chi connectivity index (χ0v) is 14.5. The molecule has 3 aromatic rings. The van der Waals surface area contributed by atoms with E-state index in [1.54, 1.807) is 35.9 Å². The Bertz CT molecular complexity index is 803. The summed E-state index contributed by atoms with van der Waals surface area (Å²) in [6.07, 6.45) is 4.61. The zero-order chi connectivity index (χ0) is 16.8. The van der Waals surface area contributed by atoms with Crippen molar-refractivity contribution < 1.29 is 4.79 Å². The minimum Gasteiger partial charge on any atom is -0.355 e. The number of aromatic nitrogens is 2. The highest BCUT2D eigenvalue weighted by Crippen LogP contribution is 2.22. The quantitative estimate of drug-likeness (QED) is 0.730. The number of hydrogen-bond donors (Lipinski definition) is 1. The van der Waals surface area contributed by atoms with E-state index in [2.05, 4.69) is 15.3 Å². The van der Waals surface area contributed by atoms with E-state index in [0.717, 1.165) is 21.8 Å². The first kappa shape index (κ1) is 16.6. The Morgan fingerprint density at radius 3 is 2.79 bits per heavy atom. The van der Waals surface area contributed by atoms with Crippen molar-refractivity contribution in [3.8, 4) is 10.6 Å². The normalized spacial score (nSPS) is 10.5. The molecule has 0 radical (unpaired) electrons. The van der Waals surface area contributed by atoms with Gasteiger partial charge >= 0.3 is 0 Å². The molecule has 4 nitrogen and oxygen atoms in total. The Kier molecular flexibility index (Phi) is 5.56. The second-order valence-corrected chi connectivity index (χ2v) is 6.58. The Labute approximate surface area is 149 Å². The summed E-state index contributed by atoms with van der Waals surface area (Å²) in [5.74, 6) is 0.0000323. The maximum atomic E-state index is 11.9. The molecule has 6 heteroatoms. The van der Waals surface area contributed by atoms with Crippen LogP contribution in [0.15, 0.2) is 54.2 Å². The van der Waals surface area contributed by atoms with E-state index in [1.807, 2.05) is 29.6 Å². The summed E-state index contributed by atoms with van der Waals surface area (Å²) in [5, 5.41) is 6.57. The average molecular weight is 358 g/mol. The number of amides is 1. The molecule has 2 aromatic heterocycles. The molecule has 0 atom stereocenters. The van der Waals surface area contributed by atoms with Crippen molar-refractivity contribution >= 4 is 28.8 Å². The largest absolute Gasteiger partial charge is 0.355 e. The standard InChI is InChI=1S/C18H16ClN3OS/c19-15-5-3-13(4-6-15)10-17(23)21-9-7-16-12-24-18(22-16)14-2-1-8-20-11-14/h1-6,8,11-12H,7,9-10H2,(H,21,23). The summed E-state index contributed by atoms with van der Waals surface area (Å²) >= 11 is 7.42. The predicted octanol–water partition coefficient (Wildman–Crippen LogP) is 3.76. The second kappa shape index (κ2) is 8.04. The lowest BCUT2D eigenvalue weighted by molar-refractivity contribution is -0.120. The van der Waals surface area contributed by atoms with Crippen LogP contribution in [0.2, 0.25) is 5.02 Å². The van der Waals surface area contributed by atoms with E-state index < -0.39 is 0 Å². The van der Waals surface area contributed by atoms with Crippen LogP contribution < -0.4 is 5.32 Å². The van der Waals surface area contributed by atoms with Gasteiger partial charge in [0.15, 0.2) is 0 Å². The summed E-state index contributed by atoms with van der Waals surface area (Å²) in [4.78, 5) is 20.6. The van der Waals surface area contributed by atoms with Crippen molar-refractivity contribution in [3.63, 3.8) is 0 Å². The number of rotatable bonds is 6. The van der Waals surface area contributed by atoms with Gasteiger partial charge in [-0.3, -0.25) is 9.78 Å². The summed E-state index contributed by atoms with van der Waals surface area (Å²) in [6.45, 7) is 0.572. The highest BCUT2D eigenvalue weighted by Gasteiger charge is 2.06. The van der Waals surface area contributed by atoms with Crippen molar-refractivity contribution in [2.45, 2.75) is 12.8 Å². The zero-order valence-electron chi connectivity index (χ0n) is 12.9. The summed E-state index contributed by atoms with van der Waals surface area (Å²) in [5.41, 5.74) is 2.94. The molecular formula is C18H16ClN3OS. The van der Waals surface area contributed by atoms with E-state index in [0.29, 0.717) is 24.4 Å². The Balaban J connectivity index is 1.47. The van der Waals surface area contributed by atoms with Crippen LogP contribution in [0, 0.1) is 0 Å². The molecule has 122 valence electrons. The highest BCUT2D eigenvalue weighted by molar-refractivity contribution is 7.13. The van der Waals surface area contributed by atoms with Crippen LogP contribution in [0.1, 0.15) is 11.3 Å². The van der Waals surface area contributed by atoms with Crippen LogP contribution in [0.3, 0.4) is 0 Å². The lowest BCUT2D eigenvalue weighted by atomic mass is 10.1. The number of hydrogen-bond acceptors (Lipinski definition) is 4. The van der Waals surface area contributed by atoms with Crippen molar-refractivity contribution in [1.82, 2.24) is 15.3 Å². The fraction of sp³-hybridized carbons (Fsp3) is 0.167. The van der Waals surface area contributed by atoms with E-state index in [9.17, 15) is 4.79 Å². The number of carbonyl (C=O) groups is 1. The van der Waals surface area contributed by atoms with Gasteiger partial charge in [0.05, 0.1) is 12.1 Å². The lowest BCUT2D eigenvalue weighted by Crippen LogP contribution is -2.27. The van der Waals surface area contributed by atoms with Crippen LogP contribution in [-0.4, -0.2) is 22.4 Å². The SMILES string of the molecule is O=C(Cc1ccc(Cl)cc1)NCCc1csc(-c2cccnc2)n1. The van der Waals surface area contributed by atoms with Crippen molar-refractivity contribution in [2.24, 2.45) is 0 Å². The number of pyridine rings is 1. The van der Waals surface area contributed by atoms with Gasteiger partial charge in [0, 0.05) is 41.3 Å². The topological polar surface area (TPSA) is 54.9 Å². The average Bonchev–Trinajstić information content (AvgIpc) is 3.07. The number of carbonyl (C=O) groups excluding carboxylic acids is 1.